The van der Waals surface area contributed by atoms with Gasteiger partial charge in [-0.05, 0) is 55.3 Å². The molecule has 0 amide bonds. The number of thioether (sulfide) groups is 1. The fraction of sp³-hybridized carbons (Fsp3) is 0.429. The number of aryl methyl sites for hydroxylation is 2. The Hall–Kier alpha value is -1.07. The second-order valence-electron chi connectivity index (χ2n) is 5.04. The molecule has 3 rings (SSSR count). The highest BCUT2D eigenvalue weighted by Gasteiger charge is 2.26. The summed E-state index contributed by atoms with van der Waals surface area (Å²) in [5.41, 5.74) is 2.42. The zero-order valence-corrected chi connectivity index (χ0v) is 12.8. The van der Waals surface area contributed by atoms with Crippen molar-refractivity contribution in [3.63, 3.8) is 0 Å². The van der Waals surface area contributed by atoms with Crippen LogP contribution in [0.3, 0.4) is 0 Å². The van der Waals surface area contributed by atoms with Crippen molar-refractivity contribution in [3.05, 3.63) is 32.9 Å². The van der Waals surface area contributed by atoms with E-state index in [0.29, 0.717) is 6.54 Å². The van der Waals surface area contributed by atoms with E-state index in [-0.39, 0.29) is 5.56 Å². The number of H-pyrrole nitrogens is 1. The molecule has 0 aromatic carbocycles. The highest BCUT2D eigenvalue weighted by molar-refractivity contribution is 7.98. The summed E-state index contributed by atoms with van der Waals surface area (Å²) < 4.78 is 1.82. The van der Waals surface area contributed by atoms with E-state index in [0.717, 1.165) is 33.8 Å². The van der Waals surface area contributed by atoms with Crippen LogP contribution in [0.15, 0.2) is 22.1 Å². The van der Waals surface area contributed by atoms with Crippen molar-refractivity contribution >= 4 is 33.3 Å². The molecule has 0 fully saturated rings. The first-order chi connectivity index (χ1) is 9.11. The van der Waals surface area contributed by atoms with Crippen LogP contribution in [-0.4, -0.2) is 10.8 Å². The summed E-state index contributed by atoms with van der Waals surface area (Å²) in [5.74, 6) is 0. The molecule has 0 spiro atoms. The van der Waals surface area contributed by atoms with E-state index < -0.39 is 0 Å². The van der Waals surface area contributed by atoms with E-state index >= 15 is 0 Å². The number of nitrogens with zero attached hydrogens (tertiary/aromatic N) is 1. The van der Waals surface area contributed by atoms with Gasteiger partial charge in [-0.3, -0.25) is 0 Å². The maximum atomic E-state index is 12.8. The molecule has 5 heteroatoms. The average Bonchev–Trinajstić information content (AvgIpc) is 2.91. The molecule has 1 aliphatic carbocycles. The molecule has 0 aliphatic heterocycles. The highest BCUT2D eigenvalue weighted by Crippen LogP contribution is 2.34. The zero-order valence-electron chi connectivity index (χ0n) is 11.2. The van der Waals surface area contributed by atoms with Crippen LogP contribution >= 0.6 is 23.1 Å². The Morgan fingerprint density at radius 2 is 2.32 bits per heavy atom. The third-order valence-corrected chi connectivity index (χ3v) is 5.38. The highest BCUT2D eigenvalue weighted by atomic mass is 32.2. The number of allylic oxidation sites excluding steroid dienone is 1. The maximum Gasteiger partial charge on any atom is 0.347 e. The lowest BCUT2D eigenvalue weighted by Crippen LogP contribution is -2.29. The van der Waals surface area contributed by atoms with Crippen LogP contribution < -0.4 is 10.5 Å². The van der Waals surface area contributed by atoms with E-state index in [1.54, 1.807) is 23.1 Å². The van der Waals surface area contributed by atoms with Crippen LogP contribution in [-0.2, 0) is 19.4 Å². The van der Waals surface area contributed by atoms with E-state index in [2.05, 4.69) is 11.6 Å². The average molecular weight is 293 g/mol. The summed E-state index contributed by atoms with van der Waals surface area (Å²) in [6.45, 7) is 6.47. The lowest BCUT2D eigenvalue weighted by atomic mass is 10.2. The summed E-state index contributed by atoms with van der Waals surface area (Å²) in [7, 11) is 0. The Morgan fingerprint density at radius 3 is 3.00 bits per heavy atom. The largest absolute Gasteiger partial charge is 0.347 e. The molecular weight excluding hydrogens is 276 g/mol. The van der Waals surface area contributed by atoms with Crippen molar-refractivity contribution in [1.29, 1.82) is 0 Å². The summed E-state index contributed by atoms with van der Waals surface area (Å²) >= 11 is 3.33. The van der Waals surface area contributed by atoms with Crippen LogP contribution in [0, 0.1) is 0 Å². The van der Waals surface area contributed by atoms with Gasteiger partial charge in [-0.2, -0.15) is 4.57 Å². The first-order valence-corrected chi connectivity index (χ1v) is 8.44. The molecular formula is C14H17N2OS2+. The lowest BCUT2D eigenvalue weighted by molar-refractivity contribution is -0.404. The fourth-order valence-electron chi connectivity index (χ4n) is 2.69. The lowest BCUT2D eigenvalue weighted by Gasteiger charge is -2.03. The maximum absolute atomic E-state index is 12.8. The van der Waals surface area contributed by atoms with Gasteiger partial charge in [0.25, 0.3) is 0 Å². The van der Waals surface area contributed by atoms with Crippen molar-refractivity contribution in [2.24, 2.45) is 0 Å². The minimum absolute atomic E-state index is 0.139. The van der Waals surface area contributed by atoms with Gasteiger partial charge in [0.15, 0.2) is 4.83 Å². The molecule has 0 saturated heterocycles. The molecule has 1 N–H and O–H groups in total. The smallest absolute Gasteiger partial charge is 0.241 e. The molecule has 3 nitrogen and oxygen atoms in total. The first-order valence-electron chi connectivity index (χ1n) is 6.40. The molecule has 0 radical (unpaired) electrons. The third kappa shape index (κ3) is 2.05. The van der Waals surface area contributed by atoms with E-state index in [4.69, 9.17) is 0 Å². The van der Waals surface area contributed by atoms with Gasteiger partial charge < -0.3 is 0 Å². The number of aromatic nitrogens is 2. The Morgan fingerprint density at radius 1 is 1.53 bits per heavy atom. The Balaban J connectivity index is 2.32. The van der Waals surface area contributed by atoms with Crippen molar-refractivity contribution in [2.45, 2.75) is 37.9 Å². The Bertz CT molecular complexity index is 727. The van der Waals surface area contributed by atoms with Crippen LogP contribution in [0.5, 0.6) is 0 Å². The molecule has 0 saturated carbocycles. The van der Waals surface area contributed by atoms with Gasteiger partial charge in [0, 0.05) is 4.88 Å². The number of rotatable bonds is 3. The topological polar surface area (TPSA) is 36.1 Å². The summed E-state index contributed by atoms with van der Waals surface area (Å²) in [6.07, 6.45) is 5.34. The molecule has 1 aliphatic rings. The van der Waals surface area contributed by atoms with Gasteiger partial charge in [0.05, 0.1) is 0 Å². The van der Waals surface area contributed by atoms with Crippen LogP contribution in [0.2, 0.25) is 0 Å². The van der Waals surface area contributed by atoms with Gasteiger partial charge in [-0.1, -0.05) is 17.9 Å². The molecule has 2 heterocycles. The van der Waals surface area contributed by atoms with Gasteiger partial charge in [0.2, 0.25) is 0 Å². The Labute approximate surface area is 120 Å². The minimum atomic E-state index is 0.139. The van der Waals surface area contributed by atoms with Crippen molar-refractivity contribution in [1.82, 2.24) is 4.57 Å². The van der Waals surface area contributed by atoms with Gasteiger partial charge in [0.1, 0.15) is 11.9 Å². The predicted molar refractivity (Wildman–Crippen MR) is 81.3 cm³/mol. The summed E-state index contributed by atoms with van der Waals surface area (Å²) in [5, 5.41) is 1.83. The normalized spacial score (nSPS) is 14.0. The monoisotopic (exact) mass is 293 g/mol. The molecule has 19 heavy (non-hydrogen) atoms. The predicted octanol–water partition coefficient (Wildman–Crippen LogP) is 2.66. The van der Waals surface area contributed by atoms with Crippen molar-refractivity contribution in [2.75, 3.05) is 6.26 Å². The third-order valence-electron chi connectivity index (χ3n) is 3.47. The van der Waals surface area contributed by atoms with E-state index in [1.165, 1.54) is 16.9 Å². The number of thiophene rings is 1. The van der Waals surface area contributed by atoms with Gasteiger partial charge >= 0.3 is 10.7 Å². The van der Waals surface area contributed by atoms with Crippen molar-refractivity contribution in [3.8, 4) is 0 Å². The summed E-state index contributed by atoms with van der Waals surface area (Å²) in [6, 6.07) is 0. The molecule has 100 valence electrons. The van der Waals surface area contributed by atoms with Crippen LogP contribution in [0.25, 0.3) is 10.2 Å². The quantitative estimate of drug-likeness (QED) is 0.495. The molecule has 0 atom stereocenters. The van der Waals surface area contributed by atoms with Crippen LogP contribution in [0.4, 0.5) is 0 Å². The standard InChI is InChI=1S/C14H16N2OS2/c1-8(2)7-16-13(17)11-9-5-4-6-10(9)19-12(11)15-14(16)18-3/h1,4-7H2,2-3H3/p+1. The molecule has 2 aromatic rings. The molecule has 2 aromatic heterocycles. The van der Waals surface area contributed by atoms with Gasteiger partial charge in [-0.25, -0.2) is 9.78 Å². The first kappa shape index (κ1) is 12.9. The minimum Gasteiger partial charge on any atom is -0.241 e. The second-order valence-corrected chi connectivity index (χ2v) is 6.94. The number of fused-ring (bicyclic) bond motifs is 3. The molecule has 0 bridgehead atoms. The zero-order chi connectivity index (χ0) is 13.6. The number of hydrogen-bond donors (Lipinski definition) is 0. The van der Waals surface area contributed by atoms with Gasteiger partial charge in [-0.15, -0.1) is 0 Å². The van der Waals surface area contributed by atoms with E-state index in [9.17, 15) is 4.79 Å². The number of hydrogen-bond acceptors (Lipinski definition) is 3. The van der Waals surface area contributed by atoms with E-state index in [1.807, 2.05) is 17.7 Å². The second kappa shape index (κ2) is 4.80. The fourth-order valence-corrected chi connectivity index (χ4v) is 4.60. The number of aromatic amines is 1. The Kier molecular flexibility index (Phi) is 3.27. The summed E-state index contributed by atoms with van der Waals surface area (Å²) in [4.78, 5) is 18.6. The molecule has 0 unspecified atom stereocenters. The van der Waals surface area contributed by atoms with Crippen molar-refractivity contribution < 1.29 is 4.98 Å². The van der Waals surface area contributed by atoms with Crippen LogP contribution in [0.1, 0.15) is 23.8 Å². The number of nitrogens with one attached hydrogen (secondary N) is 1. The SMILES string of the molecule is C=C(C)Cn1c(SC)[nH+]c2sc3c(c2c1=O)CCC3.